The van der Waals surface area contributed by atoms with Gasteiger partial charge in [-0.1, -0.05) is 82.6 Å². The van der Waals surface area contributed by atoms with Gasteiger partial charge in [0.2, 0.25) is 0 Å². The zero-order valence-corrected chi connectivity index (χ0v) is 17.0. The van der Waals surface area contributed by atoms with E-state index in [0.29, 0.717) is 21.0 Å². The van der Waals surface area contributed by atoms with Crippen LogP contribution in [0.25, 0.3) is 11.3 Å². The molecule has 0 N–H and O–H groups in total. The van der Waals surface area contributed by atoms with Crippen molar-refractivity contribution in [1.29, 1.82) is 0 Å². The maximum atomic E-state index is 11.5. The predicted octanol–water partition coefficient (Wildman–Crippen LogP) is 5.53. The molecule has 0 aliphatic heterocycles. The largest absolute Gasteiger partial charge is 0.441 e. The third-order valence-corrected chi connectivity index (χ3v) is 6.21. The number of thiazole rings is 1. The molecule has 136 valence electrons. The fourth-order valence-corrected chi connectivity index (χ4v) is 4.59. The first kappa shape index (κ1) is 19.0. The van der Waals surface area contributed by atoms with Crippen molar-refractivity contribution in [2.45, 2.75) is 11.3 Å². The van der Waals surface area contributed by atoms with E-state index in [0.717, 1.165) is 15.7 Å². The molecule has 12 heteroatoms. The summed E-state index contributed by atoms with van der Waals surface area (Å²) in [5.74, 6) is 0.917. The number of thioether (sulfide) groups is 1. The van der Waals surface area contributed by atoms with Crippen molar-refractivity contribution in [1.82, 2.24) is 15.2 Å². The number of azo groups is 1. The van der Waals surface area contributed by atoms with Crippen LogP contribution in [0.15, 0.2) is 49.3 Å². The van der Waals surface area contributed by atoms with Crippen molar-refractivity contribution < 1.29 is 8.39 Å². The molecule has 0 fully saturated rings. The van der Waals surface area contributed by atoms with Gasteiger partial charge in [-0.05, 0) is 5.75 Å². The Hall–Kier alpha value is -1.73. The van der Waals surface area contributed by atoms with Gasteiger partial charge in [-0.3, -0.25) is 0 Å². The highest BCUT2D eigenvalue weighted by atomic mass is 32.2. The molecule has 0 aliphatic carbocycles. The summed E-state index contributed by atoms with van der Waals surface area (Å²) in [5, 5.41) is 17.8. The minimum Gasteiger partial charge on any atom is -0.441 e. The van der Waals surface area contributed by atoms with Crippen LogP contribution >= 0.6 is 34.4 Å². The standard InChI is InChI=1S/C14H13N6O2S4/c1-3-23-14-19-18-13(25-14)17-16-11-10(9-7-5-4-6-8-9)15-12(24-11)20-26(21)22-2/h4-8H,3H2,1-2H3/q-1. The number of benzene rings is 1. The Kier molecular flexibility index (Phi) is 6.80. The van der Waals surface area contributed by atoms with E-state index in [1.165, 1.54) is 29.8 Å². The lowest BCUT2D eigenvalue weighted by Gasteiger charge is -1.97. The molecule has 0 atom stereocenters. The van der Waals surface area contributed by atoms with Crippen molar-refractivity contribution in [3.63, 3.8) is 0 Å². The van der Waals surface area contributed by atoms with Crippen molar-refractivity contribution in [3.8, 4) is 11.3 Å². The quantitative estimate of drug-likeness (QED) is 0.280. The van der Waals surface area contributed by atoms with Gasteiger partial charge in [0.15, 0.2) is 14.5 Å². The van der Waals surface area contributed by atoms with E-state index in [1.54, 1.807) is 11.8 Å². The molecular weight excluding hydrogens is 412 g/mol. The van der Waals surface area contributed by atoms with Gasteiger partial charge in [0.25, 0.3) is 5.13 Å². The highest BCUT2D eigenvalue weighted by Gasteiger charge is 2.12. The number of hydrogen-bond acceptors (Lipinski definition) is 12. The Bertz CT molecular complexity index is 979. The molecule has 1 aromatic carbocycles. The maximum Gasteiger partial charge on any atom is 0.252 e. The van der Waals surface area contributed by atoms with E-state index in [1.807, 2.05) is 37.3 Å². The van der Waals surface area contributed by atoms with Crippen LogP contribution in [0.5, 0.6) is 0 Å². The third-order valence-electron chi connectivity index (χ3n) is 2.83. The summed E-state index contributed by atoms with van der Waals surface area (Å²) in [6.45, 7) is 2.05. The summed E-state index contributed by atoms with van der Waals surface area (Å²) in [6, 6.07) is 9.53. The van der Waals surface area contributed by atoms with Crippen LogP contribution in [-0.2, 0) is 19.3 Å². The minimum atomic E-state index is -1.79. The van der Waals surface area contributed by atoms with Gasteiger partial charge in [-0.15, -0.1) is 20.4 Å². The van der Waals surface area contributed by atoms with Crippen LogP contribution in [0.4, 0.5) is 15.3 Å². The van der Waals surface area contributed by atoms with Gasteiger partial charge in [0, 0.05) is 12.7 Å². The van der Waals surface area contributed by atoms with E-state index >= 15 is 0 Å². The molecule has 8 nitrogen and oxygen atoms in total. The number of aromatic nitrogens is 3. The normalized spacial score (nSPS) is 12.8. The highest BCUT2D eigenvalue weighted by molar-refractivity contribution is 8.01. The molecule has 0 saturated heterocycles. The molecule has 2 heterocycles. The number of nitrogens with zero attached hydrogens (tertiary/aromatic N) is 6. The van der Waals surface area contributed by atoms with Gasteiger partial charge in [-0.25, -0.2) is 4.98 Å². The predicted molar refractivity (Wildman–Crippen MR) is 105 cm³/mol. The van der Waals surface area contributed by atoms with Crippen LogP contribution < -0.4 is 0 Å². The molecular formula is C14H13N6O2S4-. The van der Waals surface area contributed by atoms with Crippen LogP contribution in [0.1, 0.15) is 6.92 Å². The first-order valence-corrected chi connectivity index (χ1v) is 11.0. The van der Waals surface area contributed by atoms with Crippen molar-refractivity contribution in [2.75, 3.05) is 12.9 Å². The Labute approximate surface area is 164 Å². The molecule has 2 aromatic heterocycles. The monoisotopic (exact) mass is 425 g/mol. The second-order valence-corrected chi connectivity index (χ2v) is 8.85. The molecule has 3 rings (SSSR count). The van der Waals surface area contributed by atoms with E-state index in [4.69, 9.17) is 0 Å². The summed E-state index contributed by atoms with van der Waals surface area (Å²) in [4.78, 5) is 4.40. The lowest BCUT2D eigenvalue weighted by atomic mass is 10.2. The Morgan fingerprint density at radius 2 is 1.96 bits per heavy atom. The first-order chi connectivity index (χ1) is 12.7. The molecule has 0 amide bonds. The molecule has 0 radical (unpaired) electrons. The summed E-state index contributed by atoms with van der Waals surface area (Å²) >= 11 is 4.15. The van der Waals surface area contributed by atoms with Crippen molar-refractivity contribution >= 4 is 60.6 Å². The summed E-state index contributed by atoms with van der Waals surface area (Å²) in [5.41, 5.74) is 1.47. The van der Waals surface area contributed by atoms with Gasteiger partial charge >= 0.3 is 0 Å². The smallest absolute Gasteiger partial charge is 0.252 e. The van der Waals surface area contributed by atoms with Crippen molar-refractivity contribution in [2.24, 2.45) is 14.6 Å². The zero-order chi connectivity index (χ0) is 18.4. The molecule has 0 unspecified atom stereocenters. The molecule has 0 aliphatic rings. The topological polar surface area (TPSA) is 102 Å². The lowest BCUT2D eigenvalue weighted by Crippen LogP contribution is -1.78. The zero-order valence-electron chi connectivity index (χ0n) is 13.7. The SMILES string of the molecule is CCSc1nnc(N=Nc2sc(N=[S-](=O)OC)nc2-c2ccccc2)s1. The molecule has 0 saturated carbocycles. The average molecular weight is 426 g/mol. The summed E-state index contributed by atoms with van der Waals surface area (Å²) in [7, 11) is -0.478. The van der Waals surface area contributed by atoms with Gasteiger partial charge in [0.05, 0.1) is 0 Å². The Morgan fingerprint density at radius 1 is 1.15 bits per heavy atom. The molecule has 0 bridgehead atoms. The van der Waals surface area contributed by atoms with E-state index in [9.17, 15) is 4.21 Å². The molecule has 0 spiro atoms. The minimum absolute atomic E-state index is 0.303. The number of hydrogen-bond donors (Lipinski definition) is 0. The second-order valence-electron chi connectivity index (χ2n) is 4.47. The van der Waals surface area contributed by atoms with Crippen LogP contribution in [-0.4, -0.2) is 28.0 Å². The fourth-order valence-electron chi connectivity index (χ4n) is 1.81. The third kappa shape index (κ3) is 4.92. The lowest BCUT2D eigenvalue weighted by molar-refractivity contribution is 0.438. The van der Waals surface area contributed by atoms with E-state index in [-0.39, 0.29) is 0 Å². The summed E-state index contributed by atoms with van der Waals surface area (Å²) < 4.78 is 20.9. The highest BCUT2D eigenvalue weighted by Crippen LogP contribution is 2.40. The second kappa shape index (κ2) is 9.28. The molecule has 3 aromatic rings. The van der Waals surface area contributed by atoms with E-state index < -0.39 is 10.9 Å². The summed E-state index contributed by atoms with van der Waals surface area (Å²) in [6.07, 6.45) is 0. The van der Waals surface area contributed by atoms with Crippen LogP contribution in [0, 0.1) is 0 Å². The average Bonchev–Trinajstić information content (AvgIpc) is 3.27. The first-order valence-electron chi connectivity index (χ1n) is 7.32. The van der Waals surface area contributed by atoms with E-state index in [2.05, 4.69) is 34.0 Å². The number of rotatable bonds is 7. The van der Waals surface area contributed by atoms with Gasteiger partial charge in [-0.2, -0.15) is 0 Å². The van der Waals surface area contributed by atoms with Gasteiger partial charge in [0.1, 0.15) is 5.69 Å². The van der Waals surface area contributed by atoms with Crippen LogP contribution in [0.2, 0.25) is 0 Å². The Morgan fingerprint density at radius 3 is 2.69 bits per heavy atom. The van der Waals surface area contributed by atoms with Gasteiger partial charge < -0.3 is 12.8 Å². The maximum absolute atomic E-state index is 11.5. The van der Waals surface area contributed by atoms with Crippen molar-refractivity contribution in [3.05, 3.63) is 30.3 Å². The fraction of sp³-hybridized carbons (Fsp3) is 0.214. The Balaban J connectivity index is 1.95. The van der Waals surface area contributed by atoms with Crippen LogP contribution in [0.3, 0.4) is 0 Å². The molecule has 26 heavy (non-hydrogen) atoms.